The summed E-state index contributed by atoms with van der Waals surface area (Å²) < 4.78 is 15.4. The Labute approximate surface area is 179 Å². The van der Waals surface area contributed by atoms with Gasteiger partial charge in [0.1, 0.15) is 49.3 Å². The van der Waals surface area contributed by atoms with E-state index in [1.54, 1.807) is 0 Å². The SMILES string of the molecule is O=[N+]([O-])[O-].OC[C@H]1O[C@@](CO)(O[C@H]2O[C@H](CO)[C@@H](O)[C@H](O)[C@H]2O)[C@@H](O)[C@@H]1O.[Na+]. The zero-order valence-corrected chi connectivity index (χ0v) is 16.7. The molecule has 2 heterocycles. The molecule has 0 aromatic carbocycles. The van der Waals surface area contributed by atoms with Crippen molar-refractivity contribution in [2.45, 2.75) is 54.8 Å². The predicted octanol–water partition coefficient (Wildman–Crippen LogP) is -8.63. The van der Waals surface area contributed by atoms with Crippen LogP contribution in [0.25, 0.3) is 0 Å². The third-order valence-corrected chi connectivity index (χ3v) is 4.07. The maximum absolute atomic E-state index is 10.00. The van der Waals surface area contributed by atoms with E-state index >= 15 is 0 Å². The Bertz CT molecular complexity index is 481. The predicted molar refractivity (Wildman–Crippen MR) is 79.0 cm³/mol. The summed E-state index contributed by atoms with van der Waals surface area (Å²) in [5, 5.41) is 91.4. The summed E-state index contributed by atoms with van der Waals surface area (Å²) in [6, 6.07) is 0. The fourth-order valence-electron chi connectivity index (χ4n) is 2.63. The van der Waals surface area contributed by atoms with Crippen molar-refractivity contribution in [2.75, 3.05) is 19.8 Å². The monoisotopic (exact) mass is 427 g/mol. The van der Waals surface area contributed by atoms with Gasteiger partial charge >= 0.3 is 29.6 Å². The summed E-state index contributed by atoms with van der Waals surface area (Å²) in [6.45, 7) is -2.32. The summed E-state index contributed by atoms with van der Waals surface area (Å²) in [6.07, 6.45) is -12.7. The van der Waals surface area contributed by atoms with E-state index in [1.165, 1.54) is 0 Å². The van der Waals surface area contributed by atoms with E-state index in [0.29, 0.717) is 0 Å². The van der Waals surface area contributed by atoms with Crippen molar-refractivity contribution in [1.82, 2.24) is 0 Å². The molecule has 0 bridgehead atoms. The summed E-state index contributed by atoms with van der Waals surface area (Å²) in [5.41, 5.74) is 0. The molecule has 0 aromatic heterocycles. The van der Waals surface area contributed by atoms with Gasteiger partial charge in [0, 0.05) is 0 Å². The third-order valence-electron chi connectivity index (χ3n) is 4.07. The molecule has 2 rings (SSSR count). The average Bonchev–Trinajstić information content (AvgIpc) is 2.86. The van der Waals surface area contributed by atoms with Crippen LogP contribution in [-0.2, 0) is 14.2 Å². The van der Waals surface area contributed by atoms with Crippen LogP contribution in [0.3, 0.4) is 0 Å². The quantitative estimate of drug-likeness (QED) is 0.115. The number of hydrogen-bond donors (Lipinski definition) is 8. The van der Waals surface area contributed by atoms with Crippen LogP contribution < -0.4 is 29.6 Å². The van der Waals surface area contributed by atoms with Gasteiger partial charge in [0.25, 0.3) is 0 Å². The minimum atomic E-state index is -2.22. The molecule has 15 nitrogen and oxygen atoms in total. The van der Waals surface area contributed by atoms with Crippen LogP contribution in [0.15, 0.2) is 0 Å². The minimum absolute atomic E-state index is 0. The fraction of sp³-hybridized carbons (Fsp3) is 1.00. The average molecular weight is 427 g/mol. The van der Waals surface area contributed by atoms with E-state index in [4.69, 9.17) is 39.7 Å². The number of aliphatic hydroxyl groups excluding tert-OH is 8. The number of nitrogens with zero attached hydrogens (tertiary/aromatic N) is 1. The molecule has 0 unspecified atom stereocenters. The Morgan fingerprint density at radius 3 is 1.79 bits per heavy atom. The second-order valence-electron chi connectivity index (χ2n) is 5.78. The number of aliphatic hydroxyl groups is 8. The van der Waals surface area contributed by atoms with Crippen molar-refractivity contribution in [2.24, 2.45) is 0 Å². The number of hydrogen-bond acceptors (Lipinski definition) is 14. The molecule has 9 atom stereocenters. The van der Waals surface area contributed by atoms with Crippen molar-refractivity contribution in [3.8, 4) is 0 Å². The first-order chi connectivity index (χ1) is 12.5. The smallest absolute Gasteiger partial charge is 0.394 e. The van der Waals surface area contributed by atoms with Crippen LogP contribution in [0.2, 0.25) is 0 Å². The normalized spacial score (nSPS) is 42.9. The van der Waals surface area contributed by atoms with Crippen molar-refractivity contribution in [3.05, 3.63) is 15.3 Å². The van der Waals surface area contributed by atoms with Gasteiger partial charge in [-0.1, -0.05) is 0 Å². The number of rotatable bonds is 5. The first kappa shape index (κ1) is 27.8. The third kappa shape index (κ3) is 6.13. The molecule has 2 aliphatic rings. The van der Waals surface area contributed by atoms with Crippen molar-refractivity contribution < 1.29 is 89.7 Å². The Kier molecular flexibility index (Phi) is 11.7. The standard InChI is InChI=1S/C12H22O11.NO3.Na/c13-1-4-6(16)8(18)9(19)11(21-4)23-12(3-15)10(20)7(17)5(2-14)22-12;2-1(3)4;/h4-11,13-20H,1-3H2;;/q;-1;+1/t4-,5-,6-,7-,8+,9-,10+,11-,12+;;/m1../s1. The Hall–Kier alpha value is -0.240. The van der Waals surface area contributed by atoms with Gasteiger partial charge in [0.05, 0.1) is 18.3 Å². The maximum Gasteiger partial charge on any atom is 1.00 e. The molecule has 2 fully saturated rings. The topological polar surface area (TPSA) is 256 Å². The van der Waals surface area contributed by atoms with Crippen LogP contribution >= 0.6 is 0 Å². The molecule has 160 valence electrons. The molecular weight excluding hydrogens is 405 g/mol. The van der Waals surface area contributed by atoms with Gasteiger partial charge < -0.3 is 70.4 Å². The molecule has 2 saturated heterocycles. The maximum atomic E-state index is 10.00. The van der Waals surface area contributed by atoms with Crippen LogP contribution in [0, 0.1) is 15.3 Å². The molecule has 0 amide bonds. The Morgan fingerprint density at radius 1 is 0.893 bits per heavy atom. The van der Waals surface area contributed by atoms with Crippen LogP contribution in [0.1, 0.15) is 0 Å². The molecule has 16 heteroatoms. The zero-order chi connectivity index (χ0) is 20.9. The van der Waals surface area contributed by atoms with Gasteiger partial charge in [-0.2, -0.15) is 0 Å². The van der Waals surface area contributed by atoms with E-state index in [1.807, 2.05) is 0 Å². The summed E-state index contributed by atoms with van der Waals surface area (Å²) in [7, 11) is 0. The zero-order valence-electron chi connectivity index (χ0n) is 14.7. The molecule has 0 aliphatic carbocycles. The van der Waals surface area contributed by atoms with Crippen molar-refractivity contribution >= 4 is 0 Å². The second kappa shape index (κ2) is 11.8. The summed E-state index contributed by atoms with van der Waals surface area (Å²) >= 11 is 0. The first-order valence-corrected chi connectivity index (χ1v) is 7.60. The molecule has 8 N–H and O–H groups in total. The molecule has 28 heavy (non-hydrogen) atoms. The Balaban J connectivity index is 0.00000133. The molecule has 0 radical (unpaired) electrons. The van der Waals surface area contributed by atoms with E-state index in [9.17, 15) is 30.6 Å². The van der Waals surface area contributed by atoms with Gasteiger partial charge in [0.15, 0.2) is 6.29 Å². The molecule has 0 aromatic rings. The minimum Gasteiger partial charge on any atom is -0.394 e. The second-order valence-corrected chi connectivity index (χ2v) is 5.78. The van der Waals surface area contributed by atoms with Gasteiger partial charge in [-0.25, -0.2) is 0 Å². The van der Waals surface area contributed by atoms with Crippen LogP contribution in [-0.4, -0.2) is 121 Å². The number of ether oxygens (including phenoxy) is 3. The summed E-state index contributed by atoms with van der Waals surface area (Å²) in [5.74, 6) is -2.22. The van der Waals surface area contributed by atoms with Crippen molar-refractivity contribution in [3.63, 3.8) is 0 Å². The van der Waals surface area contributed by atoms with Gasteiger partial charge in [-0.15, -0.1) is 0 Å². The van der Waals surface area contributed by atoms with Gasteiger partial charge in [-0.3, -0.25) is 0 Å². The van der Waals surface area contributed by atoms with E-state index < -0.39 is 79.7 Å². The summed E-state index contributed by atoms with van der Waals surface area (Å²) in [4.78, 5) is 8.25. The fourth-order valence-corrected chi connectivity index (χ4v) is 2.63. The molecular formula is C12H22NNaO14. The van der Waals surface area contributed by atoms with Crippen LogP contribution in [0.5, 0.6) is 0 Å². The Morgan fingerprint density at radius 2 is 1.39 bits per heavy atom. The molecule has 2 aliphatic heterocycles. The van der Waals surface area contributed by atoms with Gasteiger partial charge in [0.2, 0.25) is 5.79 Å². The van der Waals surface area contributed by atoms with Crippen molar-refractivity contribution in [1.29, 1.82) is 0 Å². The van der Waals surface area contributed by atoms with Crippen LogP contribution in [0.4, 0.5) is 0 Å². The first-order valence-electron chi connectivity index (χ1n) is 7.60. The molecule has 0 saturated carbocycles. The molecule has 0 spiro atoms. The van der Waals surface area contributed by atoms with E-state index in [2.05, 4.69) is 0 Å². The van der Waals surface area contributed by atoms with E-state index in [0.717, 1.165) is 0 Å². The largest absolute Gasteiger partial charge is 1.00 e. The van der Waals surface area contributed by atoms with Gasteiger partial charge in [-0.05, 0) is 0 Å². The van der Waals surface area contributed by atoms with E-state index in [-0.39, 0.29) is 29.6 Å².